The van der Waals surface area contributed by atoms with Crippen LogP contribution in [0.2, 0.25) is 0 Å². The summed E-state index contributed by atoms with van der Waals surface area (Å²) in [7, 11) is 0. The molecule has 1 atom stereocenters. The summed E-state index contributed by atoms with van der Waals surface area (Å²) >= 11 is 0. The second-order valence-corrected chi connectivity index (χ2v) is 6.33. The van der Waals surface area contributed by atoms with E-state index in [-0.39, 0.29) is 17.4 Å². The number of aromatic nitrogens is 2. The quantitative estimate of drug-likeness (QED) is 0.831. The molecule has 1 amide bonds. The molecule has 2 rings (SSSR count). The molecule has 1 fully saturated rings. The van der Waals surface area contributed by atoms with Crippen LogP contribution in [0.3, 0.4) is 0 Å². The monoisotopic (exact) mass is 277 g/mol. The number of hydrogen-bond acceptors (Lipinski definition) is 4. The van der Waals surface area contributed by atoms with Crippen molar-refractivity contribution in [3.8, 4) is 5.88 Å². The second kappa shape index (κ2) is 5.77. The standard InChI is InChI=1S/C15H23N3O2/c1-11-16-8-7-13(17-11)20-12-6-5-9-18(10-12)14(19)15(2,3)4/h7-8,12H,5-6,9-10H2,1-4H3. The average molecular weight is 277 g/mol. The first-order valence-electron chi connectivity index (χ1n) is 7.12. The van der Waals surface area contributed by atoms with Gasteiger partial charge in [-0.2, -0.15) is 4.98 Å². The van der Waals surface area contributed by atoms with Crippen LogP contribution >= 0.6 is 0 Å². The molecule has 5 nitrogen and oxygen atoms in total. The molecule has 0 saturated carbocycles. The lowest BCUT2D eigenvalue weighted by Crippen LogP contribution is -2.48. The van der Waals surface area contributed by atoms with E-state index in [0.29, 0.717) is 18.2 Å². The van der Waals surface area contributed by atoms with Crippen LogP contribution in [-0.2, 0) is 4.79 Å². The van der Waals surface area contributed by atoms with Crippen molar-refractivity contribution in [3.05, 3.63) is 18.1 Å². The minimum absolute atomic E-state index is 0.0179. The predicted molar refractivity (Wildman–Crippen MR) is 76.5 cm³/mol. The van der Waals surface area contributed by atoms with Crippen molar-refractivity contribution in [3.63, 3.8) is 0 Å². The van der Waals surface area contributed by atoms with Crippen LogP contribution in [0.25, 0.3) is 0 Å². The fraction of sp³-hybridized carbons (Fsp3) is 0.667. The molecule has 1 aromatic heterocycles. The molecule has 1 aromatic rings. The SMILES string of the molecule is Cc1nccc(OC2CCCN(C(=O)C(C)(C)C)C2)n1. The highest BCUT2D eigenvalue weighted by molar-refractivity contribution is 5.81. The Balaban J connectivity index is 1.99. The highest BCUT2D eigenvalue weighted by Gasteiger charge is 2.31. The largest absolute Gasteiger partial charge is 0.472 e. The first-order chi connectivity index (χ1) is 9.36. The van der Waals surface area contributed by atoms with E-state index in [1.807, 2.05) is 32.6 Å². The number of piperidine rings is 1. The molecule has 0 bridgehead atoms. The predicted octanol–water partition coefficient (Wildman–Crippen LogP) is 2.20. The Kier molecular flexibility index (Phi) is 4.26. The lowest BCUT2D eigenvalue weighted by molar-refractivity contribution is -0.142. The Morgan fingerprint density at radius 1 is 1.45 bits per heavy atom. The Morgan fingerprint density at radius 2 is 2.20 bits per heavy atom. The van der Waals surface area contributed by atoms with Gasteiger partial charge in [-0.05, 0) is 19.8 Å². The Labute approximate surface area is 120 Å². The van der Waals surface area contributed by atoms with Gasteiger partial charge in [0.15, 0.2) is 0 Å². The van der Waals surface area contributed by atoms with Crippen LogP contribution < -0.4 is 4.74 Å². The highest BCUT2D eigenvalue weighted by atomic mass is 16.5. The van der Waals surface area contributed by atoms with Gasteiger partial charge in [-0.3, -0.25) is 4.79 Å². The molecule has 0 aliphatic carbocycles. The zero-order valence-corrected chi connectivity index (χ0v) is 12.7. The molecule has 1 unspecified atom stereocenters. The van der Waals surface area contributed by atoms with Crippen molar-refractivity contribution >= 4 is 5.91 Å². The molecule has 0 spiro atoms. The van der Waals surface area contributed by atoms with Crippen LogP contribution in [-0.4, -0.2) is 40.0 Å². The molecule has 0 aromatic carbocycles. The van der Waals surface area contributed by atoms with Gasteiger partial charge in [-0.15, -0.1) is 0 Å². The summed E-state index contributed by atoms with van der Waals surface area (Å²) in [6, 6.07) is 1.76. The van der Waals surface area contributed by atoms with Crippen LogP contribution in [0.15, 0.2) is 12.3 Å². The van der Waals surface area contributed by atoms with E-state index in [1.165, 1.54) is 0 Å². The number of rotatable bonds is 2. The van der Waals surface area contributed by atoms with Gasteiger partial charge in [0.25, 0.3) is 0 Å². The minimum atomic E-state index is -0.340. The first kappa shape index (κ1) is 14.8. The van der Waals surface area contributed by atoms with E-state index in [4.69, 9.17) is 4.74 Å². The number of carbonyl (C=O) groups is 1. The van der Waals surface area contributed by atoms with E-state index < -0.39 is 0 Å². The summed E-state index contributed by atoms with van der Waals surface area (Å²) in [5.41, 5.74) is -0.340. The van der Waals surface area contributed by atoms with Crippen molar-refractivity contribution in [2.45, 2.75) is 46.6 Å². The minimum Gasteiger partial charge on any atom is -0.472 e. The van der Waals surface area contributed by atoms with Crippen molar-refractivity contribution in [1.82, 2.24) is 14.9 Å². The van der Waals surface area contributed by atoms with E-state index in [0.717, 1.165) is 19.4 Å². The Bertz CT molecular complexity index is 482. The number of aryl methyl sites for hydroxylation is 1. The molecular weight excluding hydrogens is 254 g/mol. The summed E-state index contributed by atoms with van der Waals surface area (Å²) < 4.78 is 5.88. The van der Waals surface area contributed by atoms with Gasteiger partial charge in [-0.25, -0.2) is 4.98 Å². The maximum Gasteiger partial charge on any atom is 0.228 e. The molecule has 20 heavy (non-hydrogen) atoms. The normalized spacial score (nSPS) is 19.8. The number of ether oxygens (including phenoxy) is 1. The molecule has 1 aliphatic rings. The van der Waals surface area contributed by atoms with Gasteiger partial charge in [0, 0.05) is 24.2 Å². The van der Waals surface area contributed by atoms with Crippen molar-refractivity contribution in [1.29, 1.82) is 0 Å². The Morgan fingerprint density at radius 3 is 2.85 bits per heavy atom. The van der Waals surface area contributed by atoms with E-state index in [1.54, 1.807) is 12.3 Å². The van der Waals surface area contributed by atoms with Gasteiger partial charge in [-0.1, -0.05) is 20.8 Å². The van der Waals surface area contributed by atoms with E-state index >= 15 is 0 Å². The highest BCUT2D eigenvalue weighted by Crippen LogP contribution is 2.22. The van der Waals surface area contributed by atoms with Crippen molar-refractivity contribution in [2.24, 2.45) is 5.41 Å². The zero-order valence-electron chi connectivity index (χ0n) is 12.7. The summed E-state index contributed by atoms with van der Waals surface area (Å²) in [4.78, 5) is 22.5. The molecule has 2 heterocycles. The lowest BCUT2D eigenvalue weighted by atomic mass is 9.93. The molecule has 1 aliphatic heterocycles. The molecule has 5 heteroatoms. The van der Waals surface area contributed by atoms with Gasteiger partial charge in [0.2, 0.25) is 11.8 Å². The van der Waals surface area contributed by atoms with Gasteiger partial charge < -0.3 is 9.64 Å². The van der Waals surface area contributed by atoms with Crippen molar-refractivity contribution in [2.75, 3.05) is 13.1 Å². The smallest absolute Gasteiger partial charge is 0.228 e. The topological polar surface area (TPSA) is 55.3 Å². The molecule has 1 saturated heterocycles. The maximum absolute atomic E-state index is 12.3. The van der Waals surface area contributed by atoms with E-state index in [9.17, 15) is 4.79 Å². The number of hydrogen-bond donors (Lipinski definition) is 0. The summed E-state index contributed by atoms with van der Waals surface area (Å²) in [5, 5.41) is 0. The van der Waals surface area contributed by atoms with Gasteiger partial charge >= 0.3 is 0 Å². The molecule has 0 N–H and O–H groups in total. The summed E-state index contributed by atoms with van der Waals surface area (Å²) in [6.45, 7) is 9.15. The molecule has 110 valence electrons. The van der Waals surface area contributed by atoms with Crippen LogP contribution in [0.5, 0.6) is 5.88 Å². The van der Waals surface area contributed by atoms with Crippen LogP contribution in [0, 0.1) is 12.3 Å². The fourth-order valence-corrected chi connectivity index (χ4v) is 2.36. The molecule has 0 radical (unpaired) electrons. The first-order valence-corrected chi connectivity index (χ1v) is 7.12. The number of carbonyl (C=O) groups excluding carboxylic acids is 1. The van der Waals surface area contributed by atoms with Crippen LogP contribution in [0.4, 0.5) is 0 Å². The fourth-order valence-electron chi connectivity index (χ4n) is 2.36. The third-order valence-corrected chi connectivity index (χ3v) is 3.34. The zero-order chi connectivity index (χ0) is 14.8. The van der Waals surface area contributed by atoms with E-state index in [2.05, 4.69) is 9.97 Å². The summed E-state index contributed by atoms with van der Waals surface area (Å²) in [5.74, 6) is 1.47. The van der Waals surface area contributed by atoms with Crippen LogP contribution in [0.1, 0.15) is 39.4 Å². The average Bonchev–Trinajstić information content (AvgIpc) is 2.37. The lowest BCUT2D eigenvalue weighted by Gasteiger charge is -2.36. The Hall–Kier alpha value is -1.65. The van der Waals surface area contributed by atoms with Gasteiger partial charge in [0.1, 0.15) is 11.9 Å². The number of likely N-dealkylation sites (tertiary alicyclic amines) is 1. The second-order valence-electron chi connectivity index (χ2n) is 6.33. The maximum atomic E-state index is 12.3. The van der Waals surface area contributed by atoms with Gasteiger partial charge in [0.05, 0.1) is 6.54 Å². The molecular formula is C15H23N3O2. The third-order valence-electron chi connectivity index (χ3n) is 3.34. The third kappa shape index (κ3) is 3.68. The van der Waals surface area contributed by atoms with Crippen molar-refractivity contribution < 1.29 is 9.53 Å². The number of nitrogens with zero attached hydrogens (tertiary/aromatic N) is 3. The number of amides is 1. The summed E-state index contributed by atoms with van der Waals surface area (Å²) in [6.07, 6.45) is 3.64.